The predicted molar refractivity (Wildman–Crippen MR) is 77.8 cm³/mol. The summed E-state index contributed by atoms with van der Waals surface area (Å²) in [5.74, 6) is -1.67. The fourth-order valence-corrected chi connectivity index (χ4v) is 2.03. The number of benzene rings is 2. The average molecular weight is 290 g/mol. The second kappa shape index (κ2) is 6.83. The Morgan fingerprint density at radius 1 is 1.05 bits per heavy atom. The van der Waals surface area contributed by atoms with E-state index < -0.39 is 17.7 Å². The molecule has 2 rings (SSSR count). The van der Waals surface area contributed by atoms with E-state index in [0.29, 0.717) is 0 Å². The van der Waals surface area contributed by atoms with E-state index in [-0.39, 0.29) is 18.0 Å². The Morgan fingerprint density at radius 3 is 2.29 bits per heavy atom. The highest BCUT2D eigenvalue weighted by Crippen LogP contribution is 2.20. The second-order valence-electron chi connectivity index (χ2n) is 4.64. The van der Waals surface area contributed by atoms with Crippen LogP contribution in [0.5, 0.6) is 0 Å². The summed E-state index contributed by atoms with van der Waals surface area (Å²) in [6, 6.07) is 12.1. The smallest absolute Gasteiger partial charge is 0.239 e. The minimum absolute atomic E-state index is 0.0322. The first-order chi connectivity index (χ1) is 10.1. The molecule has 0 aromatic heterocycles. The number of carbonyl (C=O) groups is 1. The Labute approximate surface area is 122 Å². The van der Waals surface area contributed by atoms with Crippen molar-refractivity contribution in [1.29, 1.82) is 0 Å². The topological polar surface area (TPSA) is 41.1 Å². The molecule has 3 nitrogen and oxygen atoms in total. The number of anilines is 1. The summed E-state index contributed by atoms with van der Waals surface area (Å²) in [5.41, 5.74) is 0.669. The molecule has 21 heavy (non-hydrogen) atoms. The number of hydrogen-bond acceptors (Lipinski definition) is 2. The van der Waals surface area contributed by atoms with Gasteiger partial charge in [-0.15, -0.1) is 0 Å². The van der Waals surface area contributed by atoms with E-state index in [1.54, 1.807) is 6.92 Å². The van der Waals surface area contributed by atoms with Gasteiger partial charge in [-0.05, 0) is 31.2 Å². The number of para-hydroxylation sites is 1. The molecule has 0 heterocycles. The number of carbonyl (C=O) groups excluding carboxylic acids is 1. The van der Waals surface area contributed by atoms with Crippen LogP contribution in [0.4, 0.5) is 14.5 Å². The highest BCUT2D eigenvalue weighted by molar-refractivity contribution is 5.81. The zero-order chi connectivity index (χ0) is 15.2. The summed E-state index contributed by atoms with van der Waals surface area (Å²) >= 11 is 0. The highest BCUT2D eigenvalue weighted by Gasteiger charge is 2.17. The third kappa shape index (κ3) is 4.02. The summed E-state index contributed by atoms with van der Waals surface area (Å²) in [7, 11) is 0. The molecule has 1 atom stereocenters. The lowest BCUT2D eigenvalue weighted by atomic mass is 10.1. The number of halogens is 2. The molecule has 2 aromatic rings. The number of nitrogens with one attached hydrogen (secondary N) is 2. The fraction of sp³-hybridized carbons (Fsp3) is 0.188. The lowest BCUT2D eigenvalue weighted by Gasteiger charge is -2.16. The first-order valence-electron chi connectivity index (χ1n) is 6.60. The Kier molecular flexibility index (Phi) is 4.87. The third-order valence-corrected chi connectivity index (χ3v) is 3.04. The van der Waals surface area contributed by atoms with Crippen molar-refractivity contribution in [2.45, 2.75) is 13.0 Å². The molecule has 1 amide bonds. The van der Waals surface area contributed by atoms with Gasteiger partial charge in [0.05, 0.1) is 12.6 Å². The van der Waals surface area contributed by atoms with E-state index in [4.69, 9.17) is 0 Å². The van der Waals surface area contributed by atoms with Crippen molar-refractivity contribution < 1.29 is 13.6 Å². The van der Waals surface area contributed by atoms with Gasteiger partial charge in [0.2, 0.25) is 5.91 Å². The number of hydrogen-bond donors (Lipinski definition) is 2. The standard InChI is InChI=1S/C16H16F2N2O/c1-11(16-13(17)8-5-9-14(16)18)20-15(21)10-19-12-6-3-2-4-7-12/h2-9,11,19H,10H2,1H3,(H,20,21). The van der Waals surface area contributed by atoms with Crippen LogP contribution < -0.4 is 10.6 Å². The van der Waals surface area contributed by atoms with Crippen LogP contribution >= 0.6 is 0 Å². The van der Waals surface area contributed by atoms with Gasteiger partial charge in [-0.2, -0.15) is 0 Å². The van der Waals surface area contributed by atoms with Crippen LogP contribution in [0.2, 0.25) is 0 Å². The molecule has 0 bridgehead atoms. The van der Waals surface area contributed by atoms with E-state index in [0.717, 1.165) is 5.69 Å². The van der Waals surface area contributed by atoms with Crippen molar-refractivity contribution >= 4 is 11.6 Å². The van der Waals surface area contributed by atoms with Crippen LogP contribution in [0.3, 0.4) is 0 Å². The Bertz CT molecular complexity index is 597. The number of rotatable bonds is 5. The molecular weight excluding hydrogens is 274 g/mol. The van der Waals surface area contributed by atoms with E-state index in [9.17, 15) is 13.6 Å². The summed E-state index contributed by atoms with van der Waals surface area (Å²) in [5, 5.41) is 5.50. The van der Waals surface area contributed by atoms with Crippen LogP contribution in [0.15, 0.2) is 48.5 Å². The fourth-order valence-electron chi connectivity index (χ4n) is 2.03. The summed E-state index contributed by atoms with van der Waals surface area (Å²) in [4.78, 5) is 11.8. The third-order valence-electron chi connectivity index (χ3n) is 3.04. The van der Waals surface area contributed by atoms with Gasteiger partial charge < -0.3 is 10.6 Å². The van der Waals surface area contributed by atoms with Gasteiger partial charge in [0.1, 0.15) is 11.6 Å². The molecule has 0 spiro atoms. The van der Waals surface area contributed by atoms with Gasteiger partial charge in [-0.25, -0.2) is 8.78 Å². The first kappa shape index (κ1) is 15.0. The van der Waals surface area contributed by atoms with Crippen LogP contribution in [0.25, 0.3) is 0 Å². The van der Waals surface area contributed by atoms with Gasteiger partial charge in [0, 0.05) is 11.3 Å². The molecule has 0 radical (unpaired) electrons. The maximum Gasteiger partial charge on any atom is 0.239 e. The Balaban J connectivity index is 1.93. The van der Waals surface area contributed by atoms with Gasteiger partial charge >= 0.3 is 0 Å². The summed E-state index contributed by atoms with van der Waals surface area (Å²) in [6.45, 7) is 1.58. The molecule has 1 unspecified atom stereocenters. The zero-order valence-electron chi connectivity index (χ0n) is 11.6. The van der Waals surface area contributed by atoms with Crippen LogP contribution in [0.1, 0.15) is 18.5 Å². The summed E-state index contributed by atoms with van der Waals surface area (Å²) < 4.78 is 27.2. The molecule has 110 valence electrons. The molecule has 0 aliphatic rings. The molecule has 2 N–H and O–H groups in total. The van der Waals surface area contributed by atoms with Crippen LogP contribution in [-0.2, 0) is 4.79 Å². The van der Waals surface area contributed by atoms with E-state index in [2.05, 4.69) is 10.6 Å². The predicted octanol–water partition coefficient (Wildman–Crippen LogP) is 3.25. The van der Waals surface area contributed by atoms with Crippen molar-refractivity contribution in [1.82, 2.24) is 5.32 Å². The lowest BCUT2D eigenvalue weighted by molar-refractivity contribution is -0.120. The Hall–Kier alpha value is -2.43. The van der Waals surface area contributed by atoms with Crippen molar-refractivity contribution in [3.63, 3.8) is 0 Å². The molecule has 0 fully saturated rings. The normalized spacial score (nSPS) is 11.8. The molecule has 2 aromatic carbocycles. The zero-order valence-corrected chi connectivity index (χ0v) is 11.6. The molecule has 0 aliphatic carbocycles. The first-order valence-corrected chi connectivity index (χ1v) is 6.60. The largest absolute Gasteiger partial charge is 0.376 e. The van der Waals surface area contributed by atoms with E-state index in [1.165, 1.54) is 18.2 Å². The SMILES string of the molecule is CC(NC(=O)CNc1ccccc1)c1c(F)cccc1F. The molecule has 0 saturated carbocycles. The van der Waals surface area contributed by atoms with Crippen molar-refractivity contribution in [2.24, 2.45) is 0 Å². The summed E-state index contributed by atoms with van der Waals surface area (Å²) in [6.07, 6.45) is 0. The van der Waals surface area contributed by atoms with Crippen LogP contribution in [0, 0.1) is 11.6 Å². The van der Waals surface area contributed by atoms with Gasteiger partial charge in [-0.1, -0.05) is 24.3 Å². The van der Waals surface area contributed by atoms with Crippen molar-refractivity contribution in [3.8, 4) is 0 Å². The lowest BCUT2D eigenvalue weighted by Crippen LogP contribution is -2.32. The minimum atomic E-state index is -0.740. The van der Waals surface area contributed by atoms with Crippen LogP contribution in [-0.4, -0.2) is 12.5 Å². The van der Waals surface area contributed by atoms with E-state index in [1.807, 2.05) is 30.3 Å². The number of amides is 1. The molecule has 0 saturated heterocycles. The second-order valence-corrected chi connectivity index (χ2v) is 4.64. The maximum absolute atomic E-state index is 13.6. The quantitative estimate of drug-likeness (QED) is 0.887. The van der Waals surface area contributed by atoms with Crippen molar-refractivity contribution in [3.05, 3.63) is 65.7 Å². The average Bonchev–Trinajstić information content (AvgIpc) is 2.46. The van der Waals surface area contributed by atoms with Gasteiger partial charge in [0.25, 0.3) is 0 Å². The van der Waals surface area contributed by atoms with Gasteiger partial charge in [-0.3, -0.25) is 4.79 Å². The minimum Gasteiger partial charge on any atom is -0.376 e. The molecule has 0 aliphatic heterocycles. The molecule has 5 heteroatoms. The maximum atomic E-state index is 13.6. The molecular formula is C16H16F2N2O. The monoisotopic (exact) mass is 290 g/mol. The van der Waals surface area contributed by atoms with Crippen molar-refractivity contribution in [2.75, 3.05) is 11.9 Å². The van der Waals surface area contributed by atoms with Gasteiger partial charge in [0.15, 0.2) is 0 Å². The van der Waals surface area contributed by atoms with E-state index >= 15 is 0 Å². The Morgan fingerprint density at radius 2 is 1.67 bits per heavy atom. The highest BCUT2D eigenvalue weighted by atomic mass is 19.1.